The summed E-state index contributed by atoms with van der Waals surface area (Å²) < 4.78 is 92.8. The predicted octanol–water partition coefficient (Wildman–Crippen LogP) is 0.603. The van der Waals surface area contributed by atoms with E-state index in [4.69, 9.17) is 10.5 Å². The lowest BCUT2D eigenvalue weighted by Crippen LogP contribution is -2.56. The topological polar surface area (TPSA) is 140 Å². The summed E-state index contributed by atoms with van der Waals surface area (Å²) in [5, 5.41) is 5.52. The fraction of sp³-hybridized carbons (Fsp3) is 0.421. The molecule has 0 aromatic heterocycles. The molecular formula is C19H23F3N4O5S2. The molecular weight excluding hydrogens is 485 g/mol. The van der Waals surface area contributed by atoms with Gasteiger partial charge in [-0.1, -0.05) is 0 Å². The molecule has 0 bridgehead atoms. The van der Waals surface area contributed by atoms with Crippen LogP contribution in [0.1, 0.15) is 5.56 Å². The van der Waals surface area contributed by atoms with E-state index in [9.17, 15) is 30.0 Å². The van der Waals surface area contributed by atoms with E-state index >= 15 is 0 Å². The lowest BCUT2D eigenvalue weighted by Gasteiger charge is -2.36. The van der Waals surface area contributed by atoms with Gasteiger partial charge in [-0.15, -0.1) is 0 Å². The van der Waals surface area contributed by atoms with E-state index < -0.39 is 43.6 Å². The standard InChI is InChI=1S/C19H23F3N4O5S2/c1-31-15-8-11(33(3,29)30)4-5-12(15)18(23)9-14(24-6-7-32(2,27)28)16-13(19(20,21)22)10-25-17(16)26-18/h4-5,8-9,24H,6-7,10,23H2,1-3H3,(H,25,26). The SMILES string of the molecule is COc1cc(S(C)(=O)=O)ccc1C1(N)C=C(NCCS(C)(=O)=O)C2=C(C(F)(F)F)CN=C2N1. The zero-order valence-corrected chi connectivity index (χ0v) is 19.6. The van der Waals surface area contributed by atoms with Crippen molar-refractivity contribution in [2.24, 2.45) is 10.7 Å². The second-order valence-corrected chi connectivity index (χ2v) is 12.0. The summed E-state index contributed by atoms with van der Waals surface area (Å²) in [5.74, 6) is -0.354. The number of hydrogen-bond donors (Lipinski definition) is 3. The summed E-state index contributed by atoms with van der Waals surface area (Å²) >= 11 is 0. The Labute approximate surface area is 189 Å². The molecule has 1 aromatic carbocycles. The summed E-state index contributed by atoms with van der Waals surface area (Å²) in [5.41, 5.74) is 3.92. The van der Waals surface area contributed by atoms with Crippen LogP contribution in [-0.4, -0.2) is 67.3 Å². The van der Waals surface area contributed by atoms with Crippen molar-refractivity contribution >= 4 is 25.5 Å². The summed E-state index contributed by atoms with van der Waals surface area (Å²) in [7, 11) is -5.64. The molecule has 33 heavy (non-hydrogen) atoms. The molecule has 3 rings (SSSR count). The maximum atomic E-state index is 13.6. The summed E-state index contributed by atoms with van der Waals surface area (Å²) in [4.78, 5) is 3.91. The van der Waals surface area contributed by atoms with E-state index in [0.29, 0.717) is 0 Å². The minimum absolute atomic E-state index is 0.0314. The van der Waals surface area contributed by atoms with Gasteiger partial charge in [-0.3, -0.25) is 4.99 Å². The normalized spacial score (nSPS) is 21.2. The minimum Gasteiger partial charge on any atom is -0.496 e. The van der Waals surface area contributed by atoms with Gasteiger partial charge in [0.05, 0.1) is 29.9 Å². The number of fused-ring (bicyclic) bond motifs is 1. The number of methoxy groups -OCH3 is 1. The third-order valence-corrected chi connectivity index (χ3v) is 7.13. The fourth-order valence-electron chi connectivity index (χ4n) is 3.51. The molecule has 2 aliphatic heterocycles. The van der Waals surface area contributed by atoms with Gasteiger partial charge in [0.25, 0.3) is 0 Å². The second kappa shape index (κ2) is 8.33. The number of aliphatic imine (C=N–C) groups is 1. The molecule has 1 unspecified atom stereocenters. The zero-order valence-electron chi connectivity index (χ0n) is 17.9. The van der Waals surface area contributed by atoms with Crippen LogP contribution < -0.4 is 21.1 Å². The van der Waals surface area contributed by atoms with Gasteiger partial charge in [0, 0.05) is 35.9 Å². The molecule has 2 aliphatic rings. The first-order valence-corrected chi connectivity index (χ1v) is 13.5. The third kappa shape index (κ3) is 5.33. The summed E-state index contributed by atoms with van der Waals surface area (Å²) in [6.07, 6.45) is -1.36. The van der Waals surface area contributed by atoms with Gasteiger partial charge >= 0.3 is 6.18 Å². The first kappa shape index (κ1) is 25.1. The molecule has 182 valence electrons. The largest absolute Gasteiger partial charge is 0.496 e. The number of rotatable bonds is 7. The molecule has 2 heterocycles. The Hall–Kier alpha value is -2.58. The molecule has 0 saturated heterocycles. The first-order valence-electron chi connectivity index (χ1n) is 9.51. The van der Waals surface area contributed by atoms with Gasteiger partial charge in [0.2, 0.25) is 0 Å². The van der Waals surface area contributed by atoms with Crippen LogP contribution in [0.4, 0.5) is 13.2 Å². The van der Waals surface area contributed by atoms with E-state index in [0.717, 1.165) is 12.5 Å². The van der Waals surface area contributed by atoms with Crippen LogP contribution in [0.15, 0.2) is 51.0 Å². The van der Waals surface area contributed by atoms with Crippen molar-refractivity contribution in [2.75, 3.05) is 38.5 Å². The maximum Gasteiger partial charge on any atom is 0.415 e. The highest BCUT2D eigenvalue weighted by Gasteiger charge is 2.45. The Bertz CT molecular complexity index is 1280. The van der Waals surface area contributed by atoms with E-state index in [2.05, 4.69) is 15.6 Å². The van der Waals surface area contributed by atoms with Gasteiger partial charge < -0.3 is 21.1 Å². The van der Waals surface area contributed by atoms with Crippen molar-refractivity contribution in [3.8, 4) is 5.75 Å². The molecule has 1 atom stereocenters. The molecule has 0 saturated carbocycles. The van der Waals surface area contributed by atoms with Crippen molar-refractivity contribution in [3.63, 3.8) is 0 Å². The highest BCUT2D eigenvalue weighted by Crippen LogP contribution is 2.39. The highest BCUT2D eigenvalue weighted by molar-refractivity contribution is 7.91. The number of nitrogens with zero attached hydrogens (tertiary/aromatic N) is 1. The van der Waals surface area contributed by atoms with Crippen molar-refractivity contribution in [3.05, 3.63) is 46.7 Å². The van der Waals surface area contributed by atoms with Gasteiger partial charge in [-0.25, -0.2) is 16.8 Å². The minimum atomic E-state index is -4.66. The number of benzene rings is 1. The van der Waals surface area contributed by atoms with Gasteiger partial charge in [-0.2, -0.15) is 13.2 Å². The Morgan fingerprint density at radius 1 is 1.24 bits per heavy atom. The van der Waals surface area contributed by atoms with Crippen LogP contribution in [0.2, 0.25) is 0 Å². The Morgan fingerprint density at radius 3 is 2.45 bits per heavy atom. The number of halogens is 3. The number of sulfone groups is 2. The average Bonchev–Trinajstić information content (AvgIpc) is 3.09. The highest BCUT2D eigenvalue weighted by atomic mass is 32.2. The van der Waals surface area contributed by atoms with Crippen molar-refractivity contribution < 1.29 is 34.7 Å². The van der Waals surface area contributed by atoms with Crippen molar-refractivity contribution in [2.45, 2.75) is 16.7 Å². The Morgan fingerprint density at radius 2 is 1.91 bits per heavy atom. The number of alkyl halides is 3. The van der Waals surface area contributed by atoms with E-state index in [1.165, 1.54) is 31.4 Å². The lowest BCUT2D eigenvalue weighted by molar-refractivity contribution is -0.0922. The van der Waals surface area contributed by atoms with Crippen LogP contribution in [0.3, 0.4) is 0 Å². The molecule has 0 amide bonds. The first-order chi connectivity index (χ1) is 15.0. The molecule has 0 aliphatic carbocycles. The number of hydrogen-bond acceptors (Lipinski definition) is 9. The average molecular weight is 509 g/mol. The van der Waals surface area contributed by atoms with E-state index in [1.807, 2.05) is 0 Å². The molecule has 0 radical (unpaired) electrons. The fourth-order valence-corrected chi connectivity index (χ4v) is 4.62. The number of nitrogens with two attached hydrogens (primary N) is 1. The molecule has 14 heteroatoms. The van der Waals surface area contributed by atoms with Crippen LogP contribution in [-0.2, 0) is 25.3 Å². The van der Waals surface area contributed by atoms with E-state index in [-0.39, 0.29) is 45.6 Å². The number of nitrogens with one attached hydrogen (secondary N) is 2. The molecule has 4 N–H and O–H groups in total. The van der Waals surface area contributed by atoms with Crippen molar-refractivity contribution in [1.82, 2.24) is 10.6 Å². The van der Waals surface area contributed by atoms with Crippen LogP contribution in [0.5, 0.6) is 5.75 Å². The smallest absolute Gasteiger partial charge is 0.415 e. The van der Waals surface area contributed by atoms with Gasteiger partial charge in [-0.05, 0) is 24.3 Å². The molecule has 0 fully saturated rings. The Kier molecular flexibility index (Phi) is 6.32. The lowest BCUT2D eigenvalue weighted by atomic mass is 9.90. The predicted molar refractivity (Wildman–Crippen MR) is 116 cm³/mol. The van der Waals surface area contributed by atoms with Crippen LogP contribution in [0.25, 0.3) is 0 Å². The van der Waals surface area contributed by atoms with Gasteiger partial charge in [0.15, 0.2) is 9.84 Å². The maximum absolute atomic E-state index is 13.6. The van der Waals surface area contributed by atoms with Crippen LogP contribution >= 0.6 is 0 Å². The second-order valence-electron chi connectivity index (χ2n) is 7.76. The summed E-state index contributed by atoms with van der Waals surface area (Å²) in [6.45, 7) is -0.792. The van der Waals surface area contributed by atoms with Gasteiger partial charge in [0.1, 0.15) is 27.1 Å². The third-order valence-electron chi connectivity index (χ3n) is 5.08. The Balaban J connectivity index is 2.14. The number of amidine groups is 1. The van der Waals surface area contributed by atoms with E-state index in [1.54, 1.807) is 0 Å². The molecule has 9 nitrogen and oxygen atoms in total. The van der Waals surface area contributed by atoms with Crippen LogP contribution in [0, 0.1) is 0 Å². The van der Waals surface area contributed by atoms with Crippen molar-refractivity contribution in [1.29, 1.82) is 0 Å². The number of ether oxygens (including phenoxy) is 1. The quantitative estimate of drug-likeness (QED) is 0.487. The molecule has 0 spiro atoms. The molecule has 1 aromatic rings. The monoisotopic (exact) mass is 508 g/mol. The summed E-state index contributed by atoms with van der Waals surface area (Å²) in [6, 6.07) is 3.95. The zero-order chi connectivity index (χ0) is 24.8.